The molecule has 1 saturated heterocycles. The molecule has 1 N–H and O–H groups in total. The first-order valence-electron chi connectivity index (χ1n) is 6.74. The first kappa shape index (κ1) is 12.2. The normalized spacial score (nSPS) is 16.0. The number of hydrogen-bond donors (Lipinski definition) is 1. The first-order valence-corrected chi connectivity index (χ1v) is 6.74. The lowest BCUT2D eigenvalue weighted by Gasteiger charge is -2.26. The first-order chi connectivity index (χ1) is 9.18. The van der Waals surface area contributed by atoms with E-state index in [0.717, 1.165) is 31.6 Å². The molecule has 19 heavy (non-hydrogen) atoms. The van der Waals surface area contributed by atoms with Crippen molar-refractivity contribution in [3.63, 3.8) is 0 Å². The molecule has 0 radical (unpaired) electrons. The van der Waals surface area contributed by atoms with Gasteiger partial charge in [-0.05, 0) is 32.3 Å². The lowest BCUT2D eigenvalue weighted by Crippen LogP contribution is -2.35. The molecule has 3 nitrogen and oxygen atoms in total. The van der Waals surface area contributed by atoms with Gasteiger partial charge in [0.2, 0.25) is 0 Å². The van der Waals surface area contributed by atoms with Gasteiger partial charge in [-0.15, -0.1) is 0 Å². The number of nitrogens with one attached hydrogen (secondary N) is 1. The summed E-state index contributed by atoms with van der Waals surface area (Å²) >= 11 is 0. The van der Waals surface area contributed by atoms with E-state index in [-0.39, 0.29) is 11.7 Å². The average Bonchev–Trinajstić information content (AvgIpc) is 2.77. The summed E-state index contributed by atoms with van der Waals surface area (Å²) < 4.78 is 13.7. The van der Waals surface area contributed by atoms with E-state index in [1.807, 2.05) is 11.8 Å². The highest BCUT2D eigenvalue weighted by molar-refractivity contribution is 6.08. The van der Waals surface area contributed by atoms with E-state index in [2.05, 4.69) is 4.98 Å². The van der Waals surface area contributed by atoms with Gasteiger partial charge >= 0.3 is 0 Å². The van der Waals surface area contributed by atoms with Gasteiger partial charge in [-0.25, -0.2) is 4.39 Å². The molecule has 2 aromatic rings. The van der Waals surface area contributed by atoms with Crippen molar-refractivity contribution in [3.05, 3.63) is 35.3 Å². The molecule has 1 fully saturated rings. The summed E-state index contributed by atoms with van der Waals surface area (Å²) in [6.07, 6.45) is 3.30. The summed E-state index contributed by atoms with van der Waals surface area (Å²) in [5.74, 6) is -0.285. The summed E-state index contributed by atoms with van der Waals surface area (Å²) in [5.41, 5.74) is 1.80. The number of piperidine rings is 1. The lowest BCUT2D eigenvalue weighted by molar-refractivity contribution is 0.0725. The van der Waals surface area contributed by atoms with E-state index < -0.39 is 0 Å². The Labute approximate surface area is 111 Å². The molecule has 0 spiro atoms. The van der Waals surface area contributed by atoms with Crippen molar-refractivity contribution >= 4 is 16.8 Å². The number of carbonyl (C=O) groups excluding carboxylic acids is 1. The topological polar surface area (TPSA) is 36.1 Å². The van der Waals surface area contributed by atoms with Crippen LogP contribution in [0.3, 0.4) is 0 Å². The zero-order valence-corrected chi connectivity index (χ0v) is 11.0. The number of para-hydroxylation sites is 1. The number of aromatic nitrogens is 1. The highest BCUT2D eigenvalue weighted by atomic mass is 19.1. The van der Waals surface area contributed by atoms with E-state index in [4.69, 9.17) is 0 Å². The number of amides is 1. The van der Waals surface area contributed by atoms with Crippen LogP contribution in [0.2, 0.25) is 0 Å². The van der Waals surface area contributed by atoms with Crippen molar-refractivity contribution in [1.29, 1.82) is 0 Å². The summed E-state index contributed by atoms with van der Waals surface area (Å²) in [4.78, 5) is 17.5. The zero-order chi connectivity index (χ0) is 13.4. The molecule has 0 saturated carbocycles. The Kier molecular flexibility index (Phi) is 3.01. The lowest BCUT2D eigenvalue weighted by atomic mass is 10.1. The minimum Gasteiger partial charge on any atom is -0.356 e. The molecule has 2 heterocycles. The van der Waals surface area contributed by atoms with Crippen LogP contribution >= 0.6 is 0 Å². The van der Waals surface area contributed by atoms with Crippen LogP contribution in [0.5, 0.6) is 0 Å². The van der Waals surface area contributed by atoms with Crippen molar-refractivity contribution in [2.75, 3.05) is 13.1 Å². The Hall–Kier alpha value is -1.84. The van der Waals surface area contributed by atoms with Crippen molar-refractivity contribution in [3.8, 4) is 0 Å². The maximum atomic E-state index is 13.7. The summed E-state index contributed by atoms with van der Waals surface area (Å²) in [6.45, 7) is 3.44. The molecular weight excluding hydrogens is 243 g/mol. The van der Waals surface area contributed by atoms with E-state index in [1.54, 1.807) is 12.1 Å². The second-order valence-electron chi connectivity index (χ2n) is 5.14. The fraction of sp³-hybridized carbons (Fsp3) is 0.400. The molecule has 1 aromatic carbocycles. The van der Waals surface area contributed by atoms with Gasteiger partial charge in [0.25, 0.3) is 5.91 Å². The van der Waals surface area contributed by atoms with Crippen LogP contribution in [0.15, 0.2) is 18.2 Å². The number of fused-ring (bicyclic) bond motifs is 1. The van der Waals surface area contributed by atoms with Gasteiger partial charge in [0.1, 0.15) is 5.82 Å². The smallest absolute Gasteiger partial charge is 0.256 e. The van der Waals surface area contributed by atoms with Crippen LogP contribution in [-0.2, 0) is 0 Å². The molecule has 1 aliphatic heterocycles. The molecule has 0 aliphatic carbocycles. The maximum Gasteiger partial charge on any atom is 0.256 e. The van der Waals surface area contributed by atoms with Crippen molar-refractivity contribution in [2.24, 2.45) is 0 Å². The van der Waals surface area contributed by atoms with Crippen LogP contribution in [0.4, 0.5) is 4.39 Å². The number of aryl methyl sites for hydroxylation is 1. The Bertz CT molecular complexity index is 626. The van der Waals surface area contributed by atoms with E-state index in [0.29, 0.717) is 16.5 Å². The number of aromatic amines is 1. The zero-order valence-electron chi connectivity index (χ0n) is 11.0. The van der Waals surface area contributed by atoms with Crippen LogP contribution in [-0.4, -0.2) is 28.9 Å². The Morgan fingerprint density at radius 2 is 2.00 bits per heavy atom. The number of hydrogen-bond acceptors (Lipinski definition) is 1. The number of H-pyrrole nitrogens is 1. The highest BCUT2D eigenvalue weighted by Gasteiger charge is 2.23. The maximum absolute atomic E-state index is 13.7. The van der Waals surface area contributed by atoms with Gasteiger partial charge in [0.05, 0.1) is 11.1 Å². The third-order valence-electron chi connectivity index (χ3n) is 3.83. The molecule has 0 atom stereocenters. The molecule has 1 amide bonds. The molecular formula is C15H17FN2O. The van der Waals surface area contributed by atoms with E-state index in [1.165, 1.54) is 12.5 Å². The van der Waals surface area contributed by atoms with Gasteiger partial charge in [0.15, 0.2) is 0 Å². The fourth-order valence-corrected chi connectivity index (χ4v) is 2.84. The number of rotatable bonds is 1. The minimum atomic E-state index is -0.307. The highest BCUT2D eigenvalue weighted by Crippen LogP contribution is 2.26. The molecule has 3 rings (SSSR count). The van der Waals surface area contributed by atoms with Crippen molar-refractivity contribution < 1.29 is 9.18 Å². The van der Waals surface area contributed by atoms with Gasteiger partial charge < -0.3 is 9.88 Å². The van der Waals surface area contributed by atoms with Crippen molar-refractivity contribution in [2.45, 2.75) is 26.2 Å². The Balaban J connectivity index is 2.06. The molecule has 0 bridgehead atoms. The van der Waals surface area contributed by atoms with Gasteiger partial charge in [0, 0.05) is 24.2 Å². The number of nitrogens with zero attached hydrogens (tertiary/aromatic N) is 1. The van der Waals surface area contributed by atoms with Gasteiger partial charge in [-0.2, -0.15) is 0 Å². The summed E-state index contributed by atoms with van der Waals surface area (Å²) in [5, 5.41) is 0.688. The number of likely N-dealkylation sites (tertiary alicyclic amines) is 1. The predicted octanol–water partition coefficient (Wildman–Crippen LogP) is 3.24. The van der Waals surface area contributed by atoms with Crippen LogP contribution < -0.4 is 0 Å². The SMILES string of the molecule is Cc1[nH]c2c(F)cccc2c1C(=O)N1CCCCC1. The summed E-state index contributed by atoms with van der Waals surface area (Å²) in [6, 6.07) is 4.87. The minimum absolute atomic E-state index is 0.0223. The number of halogens is 1. The van der Waals surface area contributed by atoms with E-state index >= 15 is 0 Å². The Morgan fingerprint density at radius 1 is 1.26 bits per heavy atom. The Morgan fingerprint density at radius 3 is 2.74 bits per heavy atom. The van der Waals surface area contributed by atoms with Crippen molar-refractivity contribution in [1.82, 2.24) is 9.88 Å². The second kappa shape index (κ2) is 4.68. The third-order valence-corrected chi connectivity index (χ3v) is 3.83. The third kappa shape index (κ3) is 2.01. The van der Waals surface area contributed by atoms with Crippen LogP contribution in [0.25, 0.3) is 10.9 Å². The van der Waals surface area contributed by atoms with Crippen LogP contribution in [0.1, 0.15) is 35.3 Å². The summed E-state index contributed by atoms with van der Waals surface area (Å²) in [7, 11) is 0. The number of carbonyl (C=O) groups is 1. The van der Waals surface area contributed by atoms with Crippen LogP contribution in [0, 0.1) is 12.7 Å². The molecule has 1 aromatic heterocycles. The fourth-order valence-electron chi connectivity index (χ4n) is 2.84. The van der Waals surface area contributed by atoms with Gasteiger partial charge in [-0.3, -0.25) is 4.79 Å². The largest absolute Gasteiger partial charge is 0.356 e. The van der Waals surface area contributed by atoms with Gasteiger partial charge in [-0.1, -0.05) is 12.1 Å². The molecule has 100 valence electrons. The second-order valence-corrected chi connectivity index (χ2v) is 5.14. The predicted molar refractivity (Wildman–Crippen MR) is 72.7 cm³/mol. The number of benzene rings is 1. The van der Waals surface area contributed by atoms with E-state index in [9.17, 15) is 9.18 Å². The molecule has 0 unspecified atom stereocenters. The molecule has 4 heteroatoms. The standard InChI is InChI=1S/C15H17FN2O/c1-10-13(15(19)18-8-3-2-4-9-18)11-6-5-7-12(16)14(11)17-10/h5-7,17H,2-4,8-9H2,1H3. The monoisotopic (exact) mass is 260 g/mol. The molecule has 1 aliphatic rings. The quantitative estimate of drug-likeness (QED) is 0.839. The average molecular weight is 260 g/mol.